The highest BCUT2D eigenvalue weighted by Gasteiger charge is 2.28. The third kappa shape index (κ3) is 9.13. The van der Waals surface area contributed by atoms with E-state index in [1.165, 1.54) is 35.2 Å². The summed E-state index contributed by atoms with van der Waals surface area (Å²) < 4.78 is 156. The SMILES string of the molecule is C=CS(=O)(=O)c1cccc(N(CC)c2nc(Cl)nc(Nc3cc(S(=O)(=O)O)cc4cc(S(=O)(=O)O)c(N=Nc5ccc6cc(S(=O)(=O)C=C)ccc6c5S(=O)(=O)O)c(O)c34)n2)c1. The minimum atomic E-state index is -5.41. The predicted octanol–water partition coefficient (Wildman–Crippen LogP) is 6.43. The Morgan fingerprint density at radius 1 is 0.726 bits per heavy atom. The highest BCUT2D eigenvalue weighted by atomic mass is 35.5. The standard InChI is InChI=1S/C35H28ClN7O14S5/c1-4-43(21-8-7-9-22(17-21)58(45,46)5-2)35-39-33(36)38-34(40-35)37-27-18-24(60(49,50)51)15-20-16-28(61(52,53)54)30(31(44)29(20)27)42-41-26-13-10-19-14-23(59(47,48)6-3)11-12-25(19)32(26)62(55,56)57/h5-18,44H,2-4H2,1H3,(H,49,50,51)(H,52,53,54)(H,55,56,57)(H,37,38,39,40). The second-order valence-corrected chi connectivity index (χ2v) is 20.9. The van der Waals surface area contributed by atoms with Crippen LogP contribution in [0.5, 0.6) is 5.75 Å². The van der Waals surface area contributed by atoms with E-state index in [2.05, 4.69) is 43.7 Å². The fourth-order valence-electron chi connectivity index (χ4n) is 6.00. The number of rotatable bonds is 14. The Kier molecular flexibility index (Phi) is 12.0. The molecule has 5 aromatic carbocycles. The molecule has 0 saturated carbocycles. The first-order valence-corrected chi connectivity index (χ1v) is 24.6. The Morgan fingerprint density at radius 3 is 1.97 bits per heavy atom. The molecule has 0 aliphatic carbocycles. The van der Waals surface area contributed by atoms with Crippen LogP contribution in [0.15, 0.2) is 131 Å². The predicted molar refractivity (Wildman–Crippen MR) is 225 cm³/mol. The van der Waals surface area contributed by atoms with E-state index in [9.17, 15) is 60.9 Å². The van der Waals surface area contributed by atoms with Gasteiger partial charge in [-0.3, -0.25) is 13.7 Å². The normalized spacial score (nSPS) is 12.8. The second-order valence-electron chi connectivity index (χ2n) is 12.6. The Balaban J connectivity index is 1.56. The van der Waals surface area contributed by atoms with Gasteiger partial charge in [0.05, 0.1) is 20.4 Å². The van der Waals surface area contributed by atoms with Crippen LogP contribution >= 0.6 is 11.6 Å². The van der Waals surface area contributed by atoms with Crippen LogP contribution in [0.25, 0.3) is 21.5 Å². The summed E-state index contributed by atoms with van der Waals surface area (Å²) in [6, 6.07) is 13.0. The maximum absolute atomic E-state index is 12.7. The van der Waals surface area contributed by atoms with Crippen LogP contribution in [-0.4, -0.2) is 82.4 Å². The lowest BCUT2D eigenvalue weighted by atomic mass is 10.1. The highest BCUT2D eigenvalue weighted by Crippen LogP contribution is 2.46. The van der Waals surface area contributed by atoms with Gasteiger partial charge in [-0.05, 0) is 83.9 Å². The first kappa shape index (κ1) is 45.6. The van der Waals surface area contributed by atoms with Gasteiger partial charge in [-0.1, -0.05) is 31.4 Å². The number of aromatic nitrogens is 3. The maximum Gasteiger partial charge on any atom is 0.297 e. The first-order chi connectivity index (χ1) is 28.8. The summed E-state index contributed by atoms with van der Waals surface area (Å²) in [5.41, 5.74) is -1.93. The molecular formula is C35H28ClN7O14S5. The van der Waals surface area contributed by atoms with E-state index in [4.69, 9.17) is 11.6 Å². The van der Waals surface area contributed by atoms with Crippen molar-refractivity contribution in [1.82, 2.24) is 15.0 Å². The van der Waals surface area contributed by atoms with Crippen molar-refractivity contribution < 1.29 is 60.9 Å². The molecule has 6 rings (SSSR count). The van der Waals surface area contributed by atoms with Crippen molar-refractivity contribution in [3.8, 4) is 5.75 Å². The van der Waals surface area contributed by atoms with Crippen molar-refractivity contribution in [2.45, 2.75) is 31.4 Å². The summed E-state index contributed by atoms with van der Waals surface area (Å²) in [6.07, 6.45) is 0. The van der Waals surface area contributed by atoms with Gasteiger partial charge in [0.1, 0.15) is 21.2 Å². The lowest BCUT2D eigenvalue weighted by Gasteiger charge is -2.22. The molecule has 21 nitrogen and oxygen atoms in total. The number of nitrogens with zero attached hydrogens (tertiary/aromatic N) is 6. The molecule has 0 saturated heterocycles. The van der Waals surface area contributed by atoms with Gasteiger partial charge in [-0.25, -0.2) is 16.8 Å². The monoisotopic (exact) mass is 965 g/mol. The molecule has 0 aliphatic heterocycles. The third-order valence-corrected chi connectivity index (χ3v) is 14.3. The molecule has 0 radical (unpaired) electrons. The van der Waals surface area contributed by atoms with Crippen molar-refractivity contribution >= 4 is 118 Å². The van der Waals surface area contributed by atoms with Gasteiger partial charge in [0.15, 0.2) is 25.4 Å². The zero-order valence-corrected chi connectivity index (χ0v) is 36.0. The van der Waals surface area contributed by atoms with E-state index in [1.54, 1.807) is 6.92 Å². The summed E-state index contributed by atoms with van der Waals surface area (Å²) in [5, 5.41) is 21.5. The zero-order chi connectivity index (χ0) is 45.7. The molecule has 0 spiro atoms. The molecule has 324 valence electrons. The number of nitrogens with one attached hydrogen (secondary N) is 1. The van der Waals surface area contributed by atoms with E-state index in [1.807, 2.05) is 0 Å². The zero-order valence-electron chi connectivity index (χ0n) is 31.2. The molecule has 5 N–H and O–H groups in total. The number of anilines is 4. The minimum absolute atomic E-state index is 0.0187. The smallest absolute Gasteiger partial charge is 0.297 e. The minimum Gasteiger partial charge on any atom is -0.505 e. The number of hydrogen-bond acceptors (Lipinski definition) is 18. The van der Waals surface area contributed by atoms with Crippen molar-refractivity contribution in [3.05, 3.63) is 102 Å². The van der Waals surface area contributed by atoms with Crippen molar-refractivity contribution in [2.75, 3.05) is 16.8 Å². The van der Waals surface area contributed by atoms with Gasteiger partial charge >= 0.3 is 0 Å². The summed E-state index contributed by atoms with van der Waals surface area (Å²) in [4.78, 5) is 10.4. The van der Waals surface area contributed by atoms with E-state index in [-0.39, 0.29) is 38.7 Å². The summed E-state index contributed by atoms with van der Waals surface area (Å²) >= 11 is 6.26. The van der Waals surface area contributed by atoms with Crippen LogP contribution in [0.4, 0.5) is 34.6 Å². The van der Waals surface area contributed by atoms with Gasteiger partial charge in [-0.2, -0.15) is 40.2 Å². The number of azo groups is 1. The maximum atomic E-state index is 12.7. The van der Waals surface area contributed by atoms with Crippen LogP contribution < -0.4 is 10.2 Å². The number of phenols is 1. The highest BCUT2D eigenvalue weighted by molar-refractivity contribution is 7.94. The largest absolute Gasteiger partial charge is 0.505 e. The average Bonchev–Trinajstić information content (AvgIpc) is 3.18. The van der Waals surface area contributed by atoms with Gasteiger partial charge in [0.25, 0.3) is 30.4 Å². The molecule has 0 fully saturated rings. The summed E-state index contributed by atoms with van der Waals surface area (Å²) in [6.45, 7) is 8.33. The Morgan fingerprint density at radius 2 is 1.37 bits per heavy atom. The molecule has 1 heterocycles. The van der Waals surface area contributed by atoms with Crippen molar-refractivity contribution in [1.29, 1.82) is 0 Å². The second kappa shape index (κ2) is 16.4. The third-order valence-electron chi connectivity index (χ3n) is 8.76. The molecular weight excluding hydrogens is 938 g/mol. The molecule has 62 heavy (non-hydrogen) atoms. The molecule has 27 heteroatoms. The number of aromatic hydroxyl groups is 1. The first-order valence-electron chi connectivity index (χ1n) is 16.8. The molecule has 0 bridgehead atoms. The van der Waals surface area contributed by atoms with Gasteiger partial charge < -0.3 is 15.3 Å². The summed E-state index contributed by atoms with van der Waals surface area (Å²) in [5.74, 6) is -1.79. The van der Waals surface area contributed by atoms with Gasteiger partial charge in [0.2, 0.25) is 17.2 Å². The van der Waals surface area contributed by atoms with Gasteiger partial charge in [-0.15, -0.1) is 10.2 Å². The molecule has 6 aromatic rings. The number of benzene rings is 5. The van der Waals surface area contributed by atoms with Crippen LogP contribution in [0, 0.1) is 0 Å². The number of hydrogen-bond donors (Lipinski definition) is 5. The molecule has 0 atom stereocenters. The van der Waals surface area contributed by atoms with Gasteiger partial charge in [0, 0.05) is 33.8 Å². The number of phenolic OH excluding ortho intramolecular Hbond substituents is 1. The fraction of sp³-hybridized carbons (Fsp3) is 0.0571. The Labute approximate surface area is 357 Å². The quantitative estimate of drug-likeness (QED) is 0.0580. The number of halogens is 1. The van der Waals surface area contributed by atoms with Crippen molar-refractivity contribution in [2.24, 2.45) is 10.2 Å². The molecule has 0 unspecified atom stereocenters. The topological polar surface area (TPSA) is 330 Å². The van der Waals surface area contributed by atoms with E-state index >= 15 is 0 Å². The average molecular weight is 966 g/mol. The van der Waals surface area contributed by atoms with Crippen molar-refractivity contribution in [3.63, 3.8) is 0 Å². The number of sulfone groups is 2. The van der Waals surface area contributed by atoms with Crippen LogP contribution in [0.2, 0.25) is 5.28 Å². The van der Waals surface area contributed by atoms with E-state index in [0.29, 0.717) is 11.5 Å². The lowest BCUT2D eigenvalue weighted by molar-refractivity contribution is 0.472. The Hall–Kier alpha value is -5.97. The number of fused-ring (bicyclic) bond motifs is 2. The molecule has 1 aromatic heterocycles. The van der Waals surface area contributed by atoms with Crippen LogP contribution in [-0.2, 0) is 50.0 Å². The molecule has 0 aliphatic rings. The van der Waals surface area contributed by atoms with E-state index in [0.717, 1.165) is 41.8 Å². The fourth-order valence-corrected chi connectivity index (χ4v) is 9.68. The molecule has 0 amide bonds. The lowest BCUT2D eigenvalue weighted by Crippen LogP contribution is -2.20. The van der Waals surface area contributed by atoms with E-state index < -0.39 is 110 Å². The van der Waals surface area contributed by atoms with Crippen LogP contribution in [0.1, 0.15) is 6.92 Å². The van der Waals surface area contributed by atoms with Crippen LogP contribution in [0.3, 0.4) is 0 Å². The Bertz CT molecular complexity index is 3520. The summed E-state index contributed by atoms with van der Waals surface area (Å²) in [7, 11) is -23.6.